The molecular formula is C6H9O. The van der Waals surface area contributed by atoms with Gasteiger partial charge in [-0.2, -0.15) is 0 Å². The molecule has 0 unspecified atom stereocenters. The second-order valence-electron chi connectivity index (χ2n) is 1.38. The van der Waals surface area contributed by atoms with Gasteiger partial charge in [-0.05, 0) is 13.8 Å². The van der Waals surface area contributed by atoms with Crippen LogP contribution >= 0.6 is 0 Å². The second-order valence-corrected chi connectivity index (χ2v) is 1.38. The van der Waals surface area contributed by atoms with Crippen molar-refractivity contribution in [2.45, 2.75) is 13.3 Å². The molecule has 0 aromatic carbocycles. The maximum absolute atomic E-state index is 10.1. The van der Waals surface area contributed by atoms with Crippen molar-refractivity contribution in [3.05, 3.63) is 19.1 Å². The Morgan fingerprint density at radius 1 is 1.86 bits per heavy atom. The number of Topliss-reactive ketones (excluding diaryl/α,β-unsaturated/α-hetero) is 1. The third kappa shape index (κ3) is 5.41. The van der Waals surface area contributed by atoms with E-state index in [1.807, 2.05) is 0 Å². The lowest BCUT2D eigenvalue weighted by molar-refractivity contribution is -0.116. The quantitative estimate of drug-likeness (QED) is 0.508. The molecule has 0 fully saturated rings. The molecule has 0 spiro atoms. The van der Waals surface area contributed by atoms with Gasteiger partial charge >= 0.3 is 0 Å². The number of carbonyl (C=O) groups is 1. The summed E-state index contributed by atoms with van der Waals surface area (Å²) in [6, 6.07) is 0. The summed E-state index contributed by atoms with van der Waals surface area (Å²) in [5.74, 6) is 0.180. The Kier molecular flexibility index (Phi) is 3.29. The topological polar surface area (TPSA) is 17.1 Å². The van der Waals surface area contributed by atoms with Gasteiger partial charge in [-0.25, -0.2) is 0 Å². The van der Waals surface area contributed by atoms with Gasteiger partial charge in [0, 0.05) is 6.42 Å². The van der Waals surface area contributed by atoms with E-state index in [2.05, 4.69) is 6.92 Å². The summed E-state index contributed by atoms with van der Waals surface area (Å²) in [7, 11) is 0. The van der Waals surface area contributed by atoms with Crippen molar-refractivity contribution in [2.75, 3.05) is 0 Å². The van der Waals surface area contributed by atoms with E-state index >= 15 is 0 Å². The number of rotatable bonds is 2. The average molecular weight is 97.1 g/mol. The van der Waals surface area contributed by atoms with E-state index < -0.39 is 0 Å². The molecule has 1 radical (unpaired) electrons. The fraction of sp³-hybridized carbons (Fsp3) is 0.333. The summed E-state index contributed by atoms with van der Waals surface area (Å²) in [6.07, 6.45) is 3.88. The predicted molar refractivity (Wildman–Crippen MR) is 29.8 cm³/mol. The highest BCUT2D eigenvalue weighted by Crippen LogP contribution is 1.81. The Morgan fingerprint density at radius 2 is 2.43 bits per heavy atom. The molecule has 1 heteroatoms. The molecule has 0 N–H and O–H groups in total. The summed E-state index contributed by atoms with van der Waals surface area (Å²) in [5, 5.41) is 0. The van der Waals surface area contributed by atoms with Gasteiger partial charge < -0.3 is 0 Å². The molecular weight excluding hydrogens is 88.1 g/mol. The molecule has 0 saturated heterocycles. The van der Waals surface area contributed by atoms with Crippen LogP contribution in [0, 0.1) is 6.92 Å². The lowest BCUT2D eigenvalue weighted by atomic mass is 10.3. The molecule has 0 rings (SSSR count). The van der Waals surface area contributed by atoms with Crippen LogP contribution in [0.5, 0.6) is 0 Å². The predicted octanol–water partition coefficient (Wildman–Crippen LogP) is 1.36. The number of ketones is 1. The van der Waals surface area contributed by atoms with Gasteiger partial charge in [0.2, 0.25) is 0 Å². The summed E-state index contributed by atoms with van der Waals surface area (Å²) in [5.41, 5.74) is 0. The van der Waals surface area contributed by atoms with Crippen molar-refractivity contribution < 1.29 is 4.79 Å². The Hall–Kier alpha value is -0.590. The smallest absolute Gasteiger partial charge is 0.133 e. The fourth-order valence-electron chi connectivity index (χ4n) is 0.249. The summed E-state index contributed by atoms with van der Waals surface area (Å²) in [4.78, 5) is 10.1. The maximum Gasteiger partial charge on any atom is 0.133 e. The number of allylic oxidation sites excluding steroid dienone is 2. The van der Waals surface area contributed by atoms with E-state index in [0.29, 0.717) is 6.42 Å². The summed E-state index contributed by atoms with van der Waals surface area (Å²) in [6.45, 7) is 4.98. The highest BCUT2D eigenvalue weighted by molar-refractivity contribution is 5.76. The minimum Gasteiger partial charge on any atom is -0.300 e. The molecule has 0 aromatic heterocycles. The van der Waals surface area contributed by atoms with Crippen LogP contribution in [0.1, 0.15) is 13.3 Å². The van der Waals surface area contributed by atoms with Crippen molar-refractivity contribution >= 4 is 5.78 Å². The van der Waals surface area contributed by atoms with Crippen LogP contribution in [0.3, 0.4) is 0 Å². The zero-order valence-electron chi connectivity index (χ0n) is 4.48. The van der Waals surface area contributed by atoms with E-state index in [9.17, 15) is 4.79 Å². The highest BCUT2D eigenvalue weighted by atomic mass is 16.1. The maximum atomic E-state index is 10.1. The molecule has 0 aromatic rings. The summed E-state index contributed by atoms with van der Waals surface area (Å²) >= 11 is 0. The van der Waals surface area contributed by atoms with Crippen molar-refractivity contribution in [3.63, 3.8) is 0 Å². The first-order chi connectivity index (χ1) is 3.27. The minimum atomic E-state index is 0.180. The Labute approximate surface area is 44.0 Å². The molecule has 39 valence electrons. The molecule has 0 saturated carbocycles. The lowest BCUT2D eigenvalue weighted by Gasteiger charge is -1.77. The van der Waals surface area contributed by atoms with Crippen molar-refractivity contribution in [1.29, 1.82) is 0 Å². The van der Waals surface area contributed by atoms with Gasteiger partial charge in [0.25, 0.3) is 0 Å². The third-order valence-electron chi connectivity index (χ3n) is 0.572. The molecule has 7 heavy (non-hydrogen) atoms. The van der Waals surface area contributed by atoms with Crippen molar-refractivity contribution in [3.8, 4) is 0 Å². The Bertz CT molecular complexity index is 82.2. The molecule has 0 aliphatic carbocycles. The Balaban J connectivity index is 3.14. The van der Waals surface area contributed by atoms with Crippen LogP contribution in [-0.4, -0.2) is 5.78 Å². The van der Waals surface area contributed by atoms with Gasteiger partial charge in [0.05, 0.1) is 0 Å². The SMILES string of the molecule is [CH2]/C=C/CC(C)=O. The third-order valence-corrected chi connectivity index (χ3v) is 0.572. The van der Waals surface area contributed by atoms with Crippen LogP contribution in [0.2, 0.25) is 0 Å². The molecule has 0 aliphatic rings. The van der Waals surface area contributed by atoms with Crippen LogP contribution in [0.4, 0.5) is 0 Å². The lowest BCUT2D eigenvalue weighted by Crippen LogP contribution is -1.82. The molecule has 0 aliphatic heterocycles. The number of hydrogen-bond acceptors (Lipinski definition) is 1. The van der Waals surface area contributed by atoms with Crippen LogP contribution < -0.4 is 0 Å². The van der Waals surface area contributed by atoms with E-state index in [1.54, 1.807) is 19.1 Å². The van der Waals surface area contributed by atoms with Gasteiger partial charge in [-0.3, -0.25) is 4.79 Å². The first kappa shape index (κ1) is 6.41. The van der Waals surface area contributed by atoms with E-state index in [0.717, 1.165) is 0 Å². The fourth-order valence-corrected chi connectivity index (χ4v) is 0.249. The van der Waals surface area contributed by atoms with Crippen LogP contribution in [-0.2, 0) is 4.79 Å². The van der Waals surface area contributed by atoms with Crippen LogP contribution in [0.25, 0.3) is 0 Å². The largest absolute Gasteiger partial charge is 0.300 e. The van der Waals surface area contributed by atoms with Gasteiger partial charge in [0.1, 0.15) is 5.78 Å². The van der Waals surface area contributed by atoms with Crippen LogP contribution in [0.15, 0.2) is 12.2 Å². The van der Waals surface area contributed by atoms with Gasteiger partial charge in [0.15, 0.2) is 0 Å². The standard InChI is InChI=1S/C6H9O/c1-3-4-5-6(2)7/h3-4H,1,5H2,2H3/b4-3+. The highest BCUT2D eigenvalue weighted by Gasteiger charge is 1.81. The van der Waals surface area contributed by atoms with Crippen molar-refractivity contribution in [1.82, 2.24) is 0 Å². The number of hydrogen-bond donors (Lipinski definition) is 0. The zero-order valence-corrected chi connectivity index (χ0v) is 4.48. The van der Waals surface area contributed by atoms with Crippen molar-refractivity contribution in [2.24, 2.45) is 0 Å². The first-order valence-electron chi connectivity index (χ1n) is 2.21. The van der Waals surface area contributed by atoms with E-state index in [1.165, 1.54) is 0 Å². The molecule has 0 bridgehead atoms. The van der Waals surface area contributed by atoms with Gasteiger partial charge in [-0.15, -0.1) is 0 Å². The average Bonchev–Trinajstić information content (AvgIpc) is 1.61. The minimum absolute atomic E-state index is 0.180. The van der Waals surface area contributed by atoms with Gasteiger partial charge in [-0.1, -0.05) is 12.2 Å². The zero-order chi connectivity index (χ0) is 5.70. The molecule has 0 atom stereocenters. The monoisotopic (exact) mass is 97.1 g/mol. The second kappa shape index (κ2) is 3.59. The molecule has 0 amide bonds. The summed E-state index contributed by atoms with van der Waals surface area (Å²) < 4.78 is 0. The van der Waals surface area contributed by atoms with E-state index in [4.69, 9.17) is 0 Å². The molecule has 0 heterocycles. The Morgan fingerprint density at radius 3 is 2.57 bits per heavy atom. The first-order valence-corrected chi connectivity index (χ1v) is 2.21. The normalized spacial score (nSPS) is 10.0. The molecule has 1 nitrogen and oxygen atoms in total. The number of carbonyl (C=O) groups excluding carboxylic acids is 1. The van der Waals surface area contributed by atoms with E-state index in [-0.39, 0.29) is 5.78 Å².